The van der Waals surface area contributed by atoms with Gasteiger partial charge in [0.05, 0.1) is 31.0 Å². The number of amides is 1. The van der Waals surface area contributed by atoms with Gasteiger partial charge in [0.25, 0.3) is 11.6 Å². The van der Waals surface area contributed by atoms with Crippen LogP contribution in [0, 0.1) is 10.1 Å². The molecule has 0 saturated heterocycles. The molecule has 0 aliphatic heterocycles. The molecule has 3 rings (SSSR count). The number of carbonyl (C=O) groups excluding carboxylic acids is 1. The van der Waals surface area contributed by atoms with E-state index in [1.165, 1.54) is 18.3 Å². The molecule has 1 amide bonds. The van der Waals surface area contributed by atoms with Crippen LogP contribution in [0.3, 0.4) is 0 Å². The molecule has 0 saturated carbocycles. The third kappa shape index (κ3) is 5.91. The number of rotatable bonds is 11. The first-order valence-electron chi connectivity index (χ1n) is 10.7. The summed E-state index contributed by atoms with van der Waals surface area (Å²) >= 11 is 0. The Morgan fingerprint density at radius 3 is 2.32 bits per heavy atom. The predicted octanol–water partition coefficient (Wildman–Crippen LogP) is 4.81. The Bertz CT molecular complexity index is 1160. The van der Waals surface area contributed by atoms with Gasteiger partial charge in [0.1, 0.15) is 11.5 Å². The van der Waals surface area contributed by atoms with E-state index in [1.807, 2.05) is 20.8 Å². The van der Waals surface area contributed by atoms with Crippen molar-refractivity contribution in [1.29, 1.82) is 0 Å². The summed E-state index contributed by atoms with van der Waals surface area (Å²) in [5.74, 6) is 1.56. The second-order valence-electron chi connectivity index (χ2n) is 6.81. The third-order valence-corrected chi connectivity index (χ3v) is 4.50. The maximum Gasteiger partial charge on any atom is 0.271 e. The Hall–Kier alpha value is -4.34. The van der Waals surface area contributed by atoms with E-state index in [4.69, 9.17) is 18.6 Å². The monoisotopic (exact) mass is 467 g/mol. The fourth-order valence-electron chi connectivity index (χ4n) is 3.09. The van der Waals surface area contributed by atoms with Crippen LogP contribution >= 0.6 is 0 Å². The number of furan rings is 1. The Morgan fingerprint density at radius 1 is 1.03 bits per heavy atom. The van der Waals surface area contributed by atoms with Gasteiger partial charge in [-0.25, -0.2) is 5.43 Å². The minimum atomic E-state index is -0.480. The van der Waals surface area contributed by atoms with Crippen molar-refractivity contribution in [2.24, 2.45) is 5.10 Å². The van der Waals surface area contributed by atoms with Gasteiger partial charge < -0.3 is 18.6 Å². The van der Waals surface area contributed by atoms with Crippen molar-refractivity contribution in [3.63, 3.8) is 0 Å². The molecule has 0 aliphatic carbocycles. The maximum absolute atomic E-state index is 12.7. The molecule has 0 bridgehead atoms. The highest BCUT2D eigenvalue weighted by Crippen LogP contribution is 2.39. The Morgan fingerprint density at radius 2 is 1.71 bits per heavy atom. The zero-order valence-electron chi connectivity index (χ0n) is 19.1. The molecule has 10 heteroatoms. The molecule has 10 nitrogen and oxygen atoms in total. The summed E-state index contributed by atoms with van der Waals surface area (Å²) in [7, 11) is 0. The van der Waals surface area contributed by atoms with Crippen molar-refractivity contribution in [1.82, 2.24) is 5.43 Å². The average molecular weight is 467 g/mol. The van der Waals surface area contributed by atoms with Crippen molar-refractivity contribution in [2.75, 3.05) is 19.8 Å². The van der Waals surface area contributed by atoms with Crippen molar-refractivity contribution >= 4 is 17.8 Å². The van der Waals surface area contributed by atoms with Crippen LogP contribution in [0.15, 0.2) is 58.0 Å². The molecule has 2 aromatic carbocycles. The molecule has 34 heavy (non-hydrogen) atoms. The van der Waals surface area contributed by atoms with E-state index in [2.05, 4.69) is 10.5 Å². The van der Waals surface area contributed by atoms with Gasteiger partial charge in [-0.2, -0.15) is 5.10 Å². The predicted molar refractivity (Wildman–Crippen MR) is 126 cm³/mol. The number of nitro benzene ring substituents is 1. The second-order valence-corrected chi connectivity index (χ2v) is 6.81. The van der Waals surface area contributed by atoms with Crippen LogP contribution in [-0.2, 0) is 0 Å². The number of nitrogens with zero attached hydrogens (tertiary/aromatic N) is 2. The van der Waals surface area contributed by atoms with Crippen LogP contribution < -0.4 is 19.6 Å². The average Bonchev–Trinajstić information content (AvgIpc) is 3.30. The lowest BCUT2D eigenvalue weighted by molar-refractivity contribution is -0.384. The van der Waals surface area contributed by atoms with Crippen LogP contribution in [0.5, 0.6) is 17.2 Å². The molecule has 0 radical (unpaired) electrons. The summed E-state index contributed by atoms with van der Waals surface area (Å²) < 4.78 is 22.6. The highest BCUT2D eigenvalue weighted by molar-refractivity contribution is 5.96. The molecular weight excluding hydrogens is 442 g/mol. The first kappa shape index (κ1) is 24.3. The van der Waals surface area contributed by atoms with Gasteiger partial charge in [-0.05, 0) is 45.0 Å². The van der Waals surface area contributed by atoms with Gasteiger partial charge in [0.2, 0.25) is 5.75 Å². The lowest BCUT2D eigenvalue weighted by Gasteiger charge is -2.16. The number of benzene rings is 2. The lowest BCUT2D eigenvalue weighted by Crippen LogP contribution is -2.18. The normalized spacial score (nSPS) is 10.8. The standard InChI is InChI=1S/C24H25N3O7/c1-4-31-21-13-17(14-22(32-5-2)23(21)33-6-3)24(28)26-25-15-19-10-11-20(34-19)16-8-7-9-18(12-16)27(29)30/h7-15H,4-6H2,1-3H3,(H,26,28)/b25-15+. The van der Waals surface area contributed by atoms with Gasteiger partial charge in [0, 0.05) is 23.3 Å². The van der Waals surface area contributed by atoms with E-state index in [0.717, 1.165) is 0 Å². The van der Waals surface area contributed by atoms with Gasteiger partial charge in [-0.1, -0.05) is 12.1 Å². The van der Waals surface area contributed by atoms with Crippen LogP contribution in [0.1, 0.15) is 36.9 Å². The van der Waals surface area contributed by atoms with Crippen molar-refractivity contribution in [2.45, 2.75) is 20.8 Å². The highest BCUT2D eigenvalue weighted by atomic mass is 16.6. The minimum Gasteiger partial charge on any atom is -0.490 e. The number of nitrogens with one attached hydrogen (secondary N) is 1. The van der Waals surface area contributed by atoms with E-state index in [-0.39, 0.29) is 11.3 Å². The maximum atomic E-state index is 12.7. The molecular formula is C24H25N3O7. The molecule has 1 N–H and O–H groups in total. The third-order valence-electron chi connectivity index (χ3n) is 4.50. The Kier molecular flexibility index (Phi) is 8.22. The number of non-ortho nitro benzene ring substituents is 1. The molecule has 0 spiro atoms. The van der Waals surface area contributed by atoms with Crippen LogP contribution in [0.25, 0.3) is 11.3 Å². The molecule has 1 heterocycles. The fraction of sp³-hybridized carbons (Fsp3) is 0.250. The lowest BCUT2D eigenvalue weighted by atomic mass is 10.1. The highest BCUT2D eigenvalue weighted by Gasteiger charge is 2.18. The van der Waals surface area contributed by atoms with Gasteiger partial charge in [0.15, 0.2) is 11.5 Å². The molecule has 0 atom stereocenters. The zero-order chi connectivity index (χ0) is 24.5. The number of ether oxygens (including phenoxy) is 3. The van der Waals surface area contributed by atoms with Crippen molar-refractivity contribution in [3.8, 4) is 28.6 Å². The Labute approximate surface area is 196 Å². The van der Waals surface area contributed by atoms with Gasteiger partial charge >= 0.3 is 0 Å². The van der Waals surface area contributed by atoms with Crippen molar-refractivity contribution in [3.05, 3.63) is 70.0 Å². The topological polar surface area (TPSA) is 125 Å². The first-order valence-corrected chi connectivity index (χ1v) is 10.7. The quantitative estimate of drug-likeness (QED) is 0.243. The van der Waals surface area contributed by atoms with Crippen LogP contribution in [-0.4, -0.2) is 36.9 Å². The first-order chi connectivity index (χ1) is 16.5. The van der Waals surface area contributed by atoms with E-state index in [1.54, 1.807) is 36.4 Å². The molecule has 0 unspecified atom stereocenters. The summed E-state index contributed by atoms with van der Waals surface area (Å²) in [6, 6.07) is 12.5. The van der Waals surface area contributed by atoms with Crippen LogP contribution in [0.2, 0.25) is 0 Å². The molecule has 0 fully saturated rings. The van der Waals surface area contributed by atoms with E-state index in [0.29, 0.717) is 54.2 Å². The molecule has 178 valence electrons. The number of hydrogen-bond donors (Lipinski definition) is 1. The molecule has 1 aromatic heterocycles. The zero-order valence-corrected chi connectivity index (χ0v) is 19.1. The van der Waals surface area contributed by atoms with E-state index in [9.17, 15) is 14.9 Å². The van der Waals surface area contributed by atoms with Crippen molar-refractivity contribution < 1.29 is 28.3 Å². The SMILES string of the molecule is CCOc1cc(C(=O)N/N=C/c2ccc(-c3cccc([N+](=O)[O-])c3)o2)cc(OCC)c1OCC. The summed E-state index contributed by atoms with van der Waals surface area (Å²) in [5.41, 5.74) is 3.24. The van der Waals surface area contributed by atoms with E-state index >= 15 is 0 Å². The minimum absolute atomic E-state index is 0.0374. The number of hydrazone groups is 1. The second kappa shape index (κ2) is 11.5. The fourth-order valence-corrected chi connectivity index (χ4v) is 3.09. The number of hydrogen-bond acceptors (Lipinski definition) is 8. The number of carbonyl (C=O) groups is 1. The van der Waals surface area contributed by atoms with Gasteiger partial charge in [-0.15, -0.1) is 0 Å². The number of nitro groups is 1. The summed E-state index contributed by atoms with van der Waals surface area (Å²) in [5, 5.41) is 14.9. The molecule has 3 aromatic rings. The van der Waals surface area contributed by atoms with Crippen LogP contribution in [0.4, 0.5) is 5.69 Å². The summed E-state index contributed by atoms with van der Waals surface area (Å²) in [4.78, 5) is 23.2. The smallest absolute Gasteiger partial charge is 0.271 e. The molecule has 0 aliphatic rings. The summed E-state index contributed by atoms with van der Waals surface area (Å²) in [6.07, 6.45) is 1.33. The Balaban J connectivity index is 1.75. The summed E-state index contributed by atoms with van der Waals surface area (Å²) in [6.45, 7) is 6.70. The van der Waals surface area contributed by atoms with E-state index < -0.39 is 10.8 Å². The van der Waals surface area contributed by atoms with Gasteiger partial charge in [-0.3, -0.25) is 14.9 Å². The largest absolute Gasteiger partial charge is 0.490 e.